The number of hydrogen-bond acceptors (Lipinski definition) is 5. The third-order valence-corrected chi connectivity index (χ3v) is 7.50. The number of nitrogen functional groups attached to an aromatic ring is 1. The first-order valence-electron chi connectivity index (χ1n) is 13.0. The molecule has 0 radical (unpaired) electrons. The van der Waals surface area contributed by atoms with E-state index in [1.165, 1.54) is 5.69 Å². The molecule has 2 heterocycles. The molecule has 2 aromatic rings. The molecule has 35 heavy (non-hydrogen) atoms. The van der Waals surface area contributed by atoms with Gasteiger partial charge >= 0.3 is 5.97 Å². The Morgan fingerprint density at radius 1 is 1.23 bits per heavy atom. The molecule has 1 aliphatic carbocycles. The third-order valence-electron chi connectivity index (χ3n) is 7.50. The van der Waals surface area contributed by atoms with Gasteiger partial charge in [-0.15, -0.1) is 0 Å². The number of esters is 1. The van der Waals surface area contributed by atoms with Gasteiger partial charge in [0.1, 0.15) is 5.84 Å². The molecule has 2 fully saturated rings. The summed E-state index contributed by atoms with van der Waals surface area (Å²) in [7, 11) is 0. The zero-order chi connectivity index (χ0) is 25.1. The standard InChI is InChI=1S/C27H39N5O3/c1-4-30-23(15-19-8-9-20(26(28)29)16-24(19)30)13-12-21-7-6-14-31(21)27(34)18(3)32(22-10-11-22)17-25(33)35-5-2/h8-9,15-16,18,21-22H,4-7,10-14,17H2,1-3H3,(H3,28,29). The van der Waals surface area contributed by atoms with Crippen molar-refractivity contribution in [3.8, 4) is 0 Å². The van der Waals surface area contributed by atoms with Crippen molar-refractivity contribution in [1.29, 1.82) is 5.41 Å². The first-order valence-corrected chi connectivity index (χ1v) is 13.0. The van der Waals surface area contributed by atoms with Crippen molar-refractivity contribution in [3.05, 3.63) is 35.5 Å². The molecule has 1 saturated carbocycles. The molecule has 4 rings (SSSR count). The van der Waals surface area contributed by atoms with Crippen LogP contribution in [0.3, 0.4) is 0 Å². The van der Waals surface area contributed by atoms with Gasteiger partial charge in [-0.1, -0.05) is 12.1 Å². The average molecular weight is 482 g/mol. The van der Waals surface area contributed by atoms with Gasteiger partial charge in [0.2, 0.25) is 5.91 Å². The normalized spacial score (nSPS) is 18.9. The zero-order valence-corrected chi connectivity index (χ0v) is 21.3. The van der Waals surface area contributed by atoms with Gasteiger partial charge in [-0.2, -0.15) is 0 Å². The monoisotopic (exact) mass is 481 g/mol. The second-order valence-corrected chi connectivity index (χ2v) is 9.82. The molecule has 1 aromatic heterocycles. The van der Waals surface area contributed by atoms with Crippen LogP contribution in [0, 0.1) is 5.41 Å². The number of nitrogens with zero attached hydrogens (tertiary/aromatic N) is 3. The van der Waals surface area contributed by atoms with Crippen LogP contribution < -0.4 is 5.73 Å². The fraction of sp³-hybridized carbons (Fsp3) is 0.593. The number of nitrogens with two attached hydrogens (primary N) is 1. The topological polar surface area (TPSA) is 105 Å². The lowest BCUT2D eigenvalue weighted by Gasteiger charge is -2.33. The molecule has 2 atom stereocenters. The van der Waals surface area contributed by atoms with Crippen LogP contribution in [0.1, 0.15) is 64.1 Å². The van der Waals surface area contributed by atoms with E-state index in [1.807, 2.05) is 36.9 Å². The summed E-state index contributed by atoms with van der Waals surface area (Å²) in [6.07, 6.45) is 5.90. The Morgan fingerprint density at radius 2 is 2.00 bits per heavy atom. The van der Waals surface area contributed by atoms with Crippen LogP contribution in [0.5, 0.6) is 0 Å². The van der Waals surface area contributed by atoms with Crippen LogP contribution in [0.25, 0.3) is 10.9 Å². The maximum absolute atomic E-state index is 13.5. The van der Waals surface area contributed by atoms with Gasteiger partial charge in [0.05, 0.1) is 19.2 Å². The van der Waals surface area contributed by atoms with E-state index in [2.05, 4.69) is 22.5 Å². The smallest absolute Gasteiger partial charge is 0.320 e. The number of amidine groups is 1. The summed E-state index contributed by atoms with van der Waals surface area (Å²) in [4.78, 5) is 29.8. The maximum atomic E-state index is 13.5. The molecule has 1 aromatic carbocycles. The molecular weight excluding hydrogens is 442 g/mol. The molecule has 190 valence electrons. The number of fused-ring (bicyclic) bond motifs is 1. The van der Waals surface area contributed by atoms with E-state index in [1.54, 1.807) is 0 Å². The molecule has 0 bridgehead atoms. The SMILES string of the molecule is CCOC(=O)CN(C1CC1)C(C)C(=O)N1CCCC1CCc1cc2ccc(C(=N)N)cc2n1CC. The number of rotatable bonds is 11. The summed E-state index contributed by atoms with van der Waals surface area (Å²) in [5.41, 5.74) is 8.79. The number of benzene rings is 1. The maximum Gasteiger partial charge on any atom is 0.320 e. The largest absolute Gasteiger partial charge is 0.465 e. The average Bonchev–Trinajstić information content (AvgIpc) is 3.46. The molecule has 3 N–H and O–H groups in total. The van der Waals surface area contributed by atoms with Crippen LogP contribution in [0.4, 0.5) is 0 Å². The van der Waals surface area contributed by atoms with Gasteiger partial charge in [-0.25, -0.2) is 0 Å². The highest BCUT2D eigenvalue weighted by molar-refractivity contribution is 5.98. The van der Waals surface area contributed by atoms with E-state index in [-0.39, 0.29) is 36.3 Å². The van der Waals surface area contributed by atoms with Crippen LogP contribution in [0.15, 0.2) is 24.3 Å². The number of hydrogen-bond donors (Lipinski definition) is 2. The number of aryl methyl sites for hydroxylation is 2. The van der Waals surface area contributed by atoms with E-state index in [9.17, 15) is 9.59 Å². The Labute approximate surface area is 207 Å². The van der Waals surface area contributed by atoms with Crippen LogP contribution >= 0.6 is 0 Å². The molecule has 8 nitrogen and oxygen atoms in total. The lowest BCUT2D eigenvalue weighted by Crippen LogP contribution is -2.51. The molecule has 1 amide bonds. The number of likely N-dealkylation sites (tertiary alicyclic amines) is 1. The van der Waals surface area contributed by atoms with Crippen molar-refractivity contribution in [1.82, 2.24) is 14.4 Å². The van der Waals surface area contributed by atoms with Gasteiger partial charge in [0.25, 0.3) is 0 Å². The second kappa shape index (κ2) is 10.8. The quantitative estimate of drug-likeness (QED) is 0.291. The minimum Gasteiger partial charge on any atom is -0.465 e. The van der Waals surface area contributed by atoms with Gasteiger partial charge in [0, 0.05) is 41.9 Å². The van der Waals surface area contributed by atoms with E-state index < -0.39 is 0 Å². The van der Waals surface area contributed by atoms with Crippen LogP contribution in [-0.4, -0.2) is 69.9 Å². The van der Waals surface area contributed by atoms with Crippen molar-refractivity contribution in [2.75, 3.05) is 19.7 Å². The Morgan fingerprint density at radius 3 is 2.66 bits per heavy atom. The van der Waals surface area contributed by atoms with Crippen molar-refractivity contribution < 1.29 is 14.3 Å². The highest BCUT2D eigenvalue weighted by Gasteiger charge is 2.40. The fourth-order valence-corrected chi connectivity index (χ4v) is 5.53. The summed E-state index contributed by atoms with van der Waals surface area (Å²) in [6, 6.07) is 8.35. The Bertz CT molecular complexity index is 1090. The summed E-state index contributed by atoms with van der Waals surface area (Å²) in [5, 5.41) is 8.91. The zero-order valence-electron chi connectivity index (χ0n) is 21.3. The molecule has 8 heteroatoms. The summed E-state index contributed by atoms with van der Waals surface area (Å²) < 4.78 is 7.45. The minimum absolute atomic E-state index is 0.0785. The van der Waals surface area contributed by atoms with Crippen molar-refractivity contribution in [3.63, 3.8) is 0 Å². The van der Waals surface area contributed by atoms with Crippen molar-refractivity contribution in [2.45, 2.75) is 84.0 Å². The Hall–Kier alpha value is -2.87. The van der Waals surface area contributed by atoms with E-state index in [4.69, 9.17) is 15.9 Å². The van der Waals surface area contributed by atoms with E-state index in [0.717, 1.165) is 68.1 Å². The molecule has 2 aliphatic rings. The number of carbonyl (C=O) groups excluding carboxylic acids is 2. The number of amides is 1. The Kier molecular flexibility index (Phi) is 7.79. The summed E-state index contributed by atoms with van der Waals surface area (Å²) in [5.74, 6) is -0.0436. The highest BCUT2D eigenvalue weighted by Crippen LogP contribution is 2.31. The fourth-order valence-electron chi connectivity index (χ4n) is 5.53. The predicted molar refractivity (Wildman–Crippen MR) is 138 cm³/mol. The number of aromatic nitrogens is 1. The second-order valence-electron chi connectivity index (χ2n) is 9.82. The lowest BCUT2D eigenvalue weighted by molar-refractivity contribution is -0.147. The molecular formula is C27H39N5O3. The molecule has 0 spiro atoms. The number of ether oxygens (including phenoxy) is 1. The highest BCUT2D eigenvalue weighted by atomic mass is 16.5. The predicted octanol–water partition coefficient (Wildman–Crippen LogP) is 3.28. The van der Waals surface area contributed by atoms with Gasteiger partial charge < -0.3 is 19.9 Å². The van der Waals surface area contributed by atoms with Gasteiger partial charge in [-0.05, 0) is 76.8 Å². The summed E-state index contributed by atoms with van der Waals surface area (Å²) >= 11 is 0. The van der Waals surface area contributed by atoms with Crippen molar-refractivity contribution in [2.24, 2.45) is 5.73 Å². The molecule has 1 saturated heterocycles. The van der Waals surface area contributed by atoms with Crippen molar-refractivity contribution >= 4 is 28.6 Å². The molecule has 1 aliphatic heterocycles. The number of carbonyl (C=O) groups is 2. The van der Waals surface area contributed by atoms with Crippen LogP contribution in [0.2, 0.25) is 0 Å². The lowest BCUT2D eigenvalue weighted by atomic mass is 10.1. The summed E-state index contributed by atoms with van der Waals surface area (Å²) in [6.45, 7) is 8.05. The first-order chi connectivity index (χ1) is 16.8. The minimum atomic E-state index is -0.320. The first kappa shape index (κ1) is 25.2. The molecule has 2 unspecified atom stereocenters. The van der Waals surface area contributed by atoms with Gasteiger partial charge in [-0.3, -0.25) is 19.9 Å². The van der Waals surface area contributed by atoms with E-state index >= 15 is 0 Å². The van der Waals surface area contributed by atoms with Gasteiger partial charge in [0.15, 0.2) is 0 Å². The van der Waals surface area contributed by atoms with Crippen LogP contribution in [-0.2, 0) is 27.3 Å². The third kappa shape index (κ3) is 5.53. The Balaban J connectivity index is 1.44. The van der Waals surface area contributed by atoms with E-state index in [0.29, 0.717) is 12.6 Å². The number of nitrogens with one attached hydrogen (secondary N) is 1.